The van der Waals surface area contributed by atoms with E-state index in [1.54, 1.807) is 11.3 Å². The molecule has 0 radical (unpaired) electrons. The topological polar surface area (TPSA) is 25.8 Å². The Morgan fingerprint density at radius 3 is 1.41 bits per heavy atom. The molecule has 0 atom stereocenters. The van der Waals surface area contributed by atoms with Crippen LogP contribution in [0.5, 0.6) is 0 Å². The van der Waals surface area contributed by atoms with Gasteiger partial charge in [-0.3, -0.25) is 0 Å². The molecule has 10 rings (SSSR count). The van der Waals surface area contributed by atoms with E-state index in [2.05, 4.69) is 182 Å². The summed E-state index contributed by atoms with van der Waals surface area (Å²) in [6.07, 6.45) is 0. The number of benzene rings is 8. The number of hydrogen-bond donors (Lipinski definition) is 0. The zero-order chi connectivity index (χ0) is 33.7. The van der Waals surface area contributed by atoms with Gasteiger partial charge in [0.05, 0.1) is 5.69 Å². The molecule has 2 aromatic heterocycles. The van der Waals surface area contributed by atoms with Crippen molar-refractivity contribution in [1.29, 1.82) is 0 Å². The van der Waals surface area contributed by atoms with Crippen LogP contribution in [0.15, 0.2) is 182 Å². The average Bonchev–Trinajstić information content (AvgIpc) is 3.59. The lowest BCUT2D eigenvalue weighted by molar-refractivity contribution is 1.24. The summed E-state index contributed by atoms with van der Waals surface area (Å²) in [4.78, 5) is 11.4. The highest BCUT2D eigenvalue weighted by Gasteiger charge is 2.19. The maximum Gasteiger partial charge on any atom is 0.161 e. The van der Waals surface area contributed by atoms with E-state index in [-0.39, 0.29) is 0 Å². The fourth-order valence-corrected chi connectivity index (χ4v) is 8.68. The van der Waals surface area contributed by atoms with E-state index < -0.39 is 0 Å². The van der Waals surface area contributed by atoms with Crippen LogP contribution in [0.4, 0.5) is 0 Å². The number of nitrogens with zero attached hydrogens (tertiary/aromatic N) is 2. The van der Waals surface area contributed by atoms with Crippen LogP contribution in [0.25, 0.3) is 97.9 Å². The van der Waals surface area contributed by atoms with E-state index in [1.807, 2.05) is 0 Å². The summed E-state index contributed by atoms with van der Waals surface area (Å²) in [7, 11) is 0. The minimum atomic E-state index is 0.736. The van der Waals surface area contributed by atoms with Crippen LogP contribution in [-0.2, 0) is 0 Å². The van der Waals surface area contributed by atoms with Gasteiger partial charge in [-0.1, -0.05) is 164 Å². The second-order valence-electron chi connectivity index (χ2n) is 12.9. The van der Waals surface area contributed by atoms with Gasteiger partial charge in [0.15, 0.2) is 5.82 Å². The second-order valence-corrected chi connectivity index (χ2v) is 13.9. The molecule has 0 spiro atoms. The fourth-order valence-electron chi connectivity index (χ4n) is 7.60. The van der Waals surface area contributed by atoms with Gasteiger partial charge in [0, 0.05) is 26.6 Å². The van der Waals surface area contributed by atoms with E-state index in [0.717, 1.165) is 44.0 Å². The third kappa shape index (κ3) is 5.01. The molecule has 8 aromatic carbocycles. The molecular formula is C48H30N2S. The van der Waals surface area contributed by atoms with Crippen molar-refractivity contribution in [2.75, 3.05) is 0 Å². The summed E-state index contributed by atoms with van der Waals surface area (Å²) >= 11 is 1.73. The molecule has 0 fully saturated rings. The second kappa shape index (κ2) is 12.2. The number of rotatable bonds is 5. The van der Waals surface area contributed by atoms with Crippen LogP contribution in [0.1, 0.15) is 0 Å². The standard InChI is InChI=1S/C48H30N2S/c1-3-15-31(16-4-1)43-37-23-7-9-25-39(37)44(40-26-10-8-24-38(40)43)35-21-13-19-33(29-35)34-20-14-22-36(30-34)47-49-46(32-17-5-2-6-18-32)45-41-27-11-12-28-42(41)51-48(45)50-47/h1-30H. The molecule has 0 aliphatic heterocycles. The summed E-state index contributed by atoms with van der Waals surface area (Å²) in [6.45, 7) is 0. The summed E-state index contributed by atoms with van der Waals surface area (Å²) in [5.41, 5.74) is 10.3. The molecule has 0 amide bonds. The van der Waals surface area contributed by atoms with Crippen molar-refractivity contribution < 1.29 is 0 Å². The fraction of sp³-hybridized carbons (Fsp3) is 0. The molecule has 3 heteroatoms. The zero-order valence-corrected chi connectivity index (χ0v) is 28.4. The Bertz CT molecular complexity index is 2850. The first kappa shape index (κ1) is 29.5. The minimum absolute atomic E-state index is 0.736. The Morgan fingerprint density at radius 1 is 0.333 bits per heavy atom. The van der Waals surface area contributed by atoms with Crippen molar-refractivity contribution >= 4 is 53.2 Å². The Hall–Kier alpha value is -6.42. The van der Waals surface area contributed by atoms with Crippen LogP contribution < -0.4 is 0 Å². The lowest BCUT2D eigenvalue weighted by Gasteiger charge is -2.18. The molecule has 238 valence electrons. The Labute approximate surface area is 300 Å². The molecule has 10 aromatic rings. The van der Waals surface area contributed by atoms with Gasteiger partial charge in [-0.25, -0.2) is 9.97 Å². The summed E-state index contributed by atoms with van der Waals surface area (Å²) in [5.74, 6) is 0.736. The molecule has 0 saturated heterocycles. The monoisotopic (exact) mass is 666 g/mol. The van der Waals surface area contributed by atoms with Crippen molar-refractivity contribution in [1.82, 2.24) is 9.97 Å². The maximum absolute atomic E-state index is 5.26. The van der Waals surface area contributed by atoms with Crippen LogP contribution in [-0.4, -0.2) is 9.97 Å². The Balaban J connectivity index is 1.13. The zero-order valence-electron chi connectivity index (χ0n) is 27.6. The first-order valence-electron chi connectivity index (χ1n) is 17.2. The van der Waals surface area contributed by atoms with Gasteiger partial charge in [-0.15, -0.1) is 11.3 Å². The largest absolute Gasteiger partial charge is 0.227 e. The van der Waals surface area contributed by atoms with Crippen molar-refractivity contribution in [2.45, 2.75) is 0 Å². The van der Waals surface area contributed by atoms with Crippen LogP contribution in [0, 0.1) is 0 Å². The number of hydrogen-bond acceptors (Lipinski definition) is 3. The van der Waals surface area contributed by atoms with Crippen molar-refractivity contribution in [3.63, 3.8) is 0 Å². The molecule has 0 bridgehead atoms. The van der Waals surface area contributed by atoms with E-state index in [9.17, 15) is 0 Å². The minimum Gasteiger partial charge on any atom is -0.227 e. The number of fused-ring (bicyclic) bond motifs is 5. The molecule has 2 heterocycles. The van der Waals surface area contributed by atoms with Crippen LogP contribution in [0.3, 0.4) is 0 Å². The van der Waals surface area contributed by atoms with E-state index in [1.165, 1.54) is 53.9 Å². The summed E-state index contributed by atoms with van der Waals surface area (Å²) in [5, 5.41) is 7.33. The molecule has 0 aliphatic carbocycles. The van der Waals surface area contributed by atoms with E-state index in [0.29, 0.717) is 0 Å². The third-order valence-corrected chi connectivity index (χ3v) is 11.0. The van der Waals surface area contributed by atoms with Crippen LogP contribution >= 0.6 is 11.3 Å². The van der Waals surface area contributed by atoms with Gasteiger partial charge in [0.1, 0.15) is 4.83 Å². The first-order valence-corrected chi connectivity index (χ1v) is 18.1. The molecule has 51 heavy (non-hydrogen) atoms. The van der Waals surface area contributed by atoms with Gasteiger partial charge < -0.3 is 0 Å². The quantitative estimate of drug-likeness (QED) is 0.171. The third-order valence-electron chi connectivity index (χ3n) is 9.89. The molecule has 0 N–H and O–H groups in total. The van der Waals surface area contributed by atoms with Crippen molar-refractivity contribution in [3.05, 3.63) is 182 Å². The maximum atomic E-state index is 5.26. The van der Waals surface area contributed by atoms with E-state index in [4.69, 9.17) is 9.97 Å². The smallest absolute Gasteiger partial charge is 0.161 e. The van der Waals surface area contributed by atoms with Crippen LogP contribution in [0.2, 0.25) is 0 Å². The summed E-state index contributed by atoms with van der Waals surface area (Å²) in [6, 6.07) is 65.1. The lowest BCUT2D eigenvalue weighted by atomic mass is 9.85. The highest BCUT2D eigenvalue weighted by Crippen LogP contribution is 2.44. The van der Waals surface area contributed by atoms with Gasteiger partial charge in [0.2, 0.25) is 0 Å². The number of thiophene rings is 1. The number of aromatic nitrogens is 2. The highest BCUT2D eigenvalue weighted by molar-refractivity contribution is 7.25. The molecule has 2 nitrogen and oxygen atoms in total. The van der Waals surface area contributed by atoms with Crippen molar-refractivity contribution in [3.8, 4) is 56.0 Å². The first-order chi connectivity index (χ1) is 25.3. The Morgan fingerprint density at radius 2 is 0.784 bits per heavy atom. The highest BCUT2D eigenvalue weighted by atomic mass is 32.1. The molecular weight excluding hydrogens is 637 g/mol. The normalized spacial score (nSPS) is 11.5. The van der Waals surface area contributed by atoms with Gasteiger partial charge >= 0.3 is 0 Å². The molecule has 0 unspecified atom stereocenters. The Kier molecular flexibility index (Phi) is 7.04. The lowest BCUT2D eigenvalue weighted by Crippen LogP contribution is -1.94. The van der Waals surface area contributed by atoms with Gasteiger partial charge in [-0.05, 0) is 73.1 Å². The van der Waals surface area contributed by atoms with Crippen molar-refractivity contribution in [2.24, 2.45) is 0 Å². The van der Waals surface area contributed by atoms with Gasteiger partial charge in [0.25, 0.3) is 0 Å². The van der Waals surface area contributed by atoms with Gasteiger partial charge in [-0.2, -0.15) is 0 Å². The molecule has 0 aliphatic rings. The molecule has 0 saturated carbocycles. The average molecular weight is 667 g/mol. The van der Waals surface area contributed by atoms with E-state index >= 15 is 0 Å². The predicted octanol–water partition coefficient (Wildman–Crippen LogP) is 13.5. The predicted molar refractivity (Wildman–Crippen MR) is 217 cm³/mol. The SMILES string of the molecule is c1ccc(-c2c3ccccc3c(-c3cccc(-c4cccc(-c5nc(-c6ccccc6)c6c(n5)sc5ccccc56)c4)c3)c3ccccc23)cc1. The summed E-state index contributed by atoms with van der Waals surface area (Å²) < 4.78 is 1.22.